The topological polar surface area (TPSA) is 25.2 Å². The number of para-hydroxylation sites is 2. The van der Waals surface area contributed by atoms with Gasteiger partial charge in [0.05, 0.1) is 33.7 Å². The first kappa shape index (κ1) is 22.4. The Morgan fingerprint density at radius 2 is 1.17 bits per heavy atom. The first-order valence-corrected chi connectivity index (χ1v) is 14.0. The molecule has 9 rings (SSSR count). The number of rotatable bonds is 2. The standard InChI is InChI=1S/C38H24N2O/c41-38-32-23-29(25-12-5-2-6-13-25)22-31-30-21-26(24-10-3-1-4-11-24)18-19-34(30)39(37(31)32)35-17-9-15-28-20-27-14-7-8-16-33(27)40(38)36(28)35/h1-19,21-23H,20H2. The second-order valence-electron chi connectivity index (χ2n) is 11.0. The van der Waals surface area contributed by atoms with Crippen molar-refractivity contribution in [2.45, 2.75) is 6.42 Å². The lowest BCUT2D eigenvalue weighted by atomic mass is 9.93. The van der Waals surface area contributed by atoms with Gasteiger partial charge in [0, 0.05) is 17.2 Å². The number of hydrogen-bond donors (Lipinski definition) is 0. The van der Waals surface area contributed by atoms with Crippen LogP contribution in [0, 0.1) is 0 Å². The summed E-state index contributed by atoms with van der Waals surface area (Å²) in [5.74, 6) is 0.0125. The zero-order chi connectivity index (χ0) is 27.1. The van der Waals surface area contributed by atoms with Gasteiger partial charge in [-0.2, -0.15) is 0 Å². The van der Waals surface area contributed by atoms with Gasteiger partial charge in [0.25, 0.3) is 5.91 Å². The number of carbonyl (C=O) groups is 1. The summed E-state index contributed by atoms with van der Waals surface area (Å²) in [6, 6.07) is 46.7. The predicted molar refractivity (Wildman–Crippen MR) is 167 cm³/mol. The first-order valence-electron chi connectivity index (χ1n) is 14.0. The maximum Gasteiger partial charge on any atom is 0.265 e. The van der Waals surface area contributed by atoms with Gasteiger partial charge in [0.2, 0.25) is 0 Å². The number of benzene rings is 6. The molecule has 2 aliphatic rings. The van der Waals surface area contributed by atoms with E-state index in [-0.39, 0.29) is 5.91 Å². The van der Waals surface area contributed by atoms with E-state index in [1.807, 2.05) is 23.1 Å². The molecule has 2 aliphatic heterocycles. The van der Waals surface area contributed by atoms with E-state index in [1.165, 1.54) is 16.7 Å². The number of anilines is 2. The Hall–Kier alpha value is -5.41. The molecule has 0 aliphatic carbocycles. The molecule has 0 saturated heterocycles. The summed E-state index contributed by atoms with van der Waals surface area (Å²) in [4.78, 5) is 16.8. The Balaban J connectivity index is 1.44. The van der Waals surface area contributed by atoms with Crippen molar-refractivity contribution in [3.05, 3.63) is 150 Å². The Bertz CT molecular complexity index is 2190. The smallest absolute Gasteiger partial charge is 0.265 e. The Kier molecular flexibility index (Phi) is 4.53. The highest BCUT2D eigenvalue weighted by atomic mass is 16.2. The van der Waals surface area contributed by atoms with Gasteiger partial charge in [-0.3, -0.25) is 9.69 Å². The van der Waals surface area contributed by atoms with Crippen LogP contribution in [-0.2, 0) is 6.42 Å². The zero-order valence-electron chi connectivity index (χ0n) is 22.2. The average molecular weight is 525 g/mol. The number of aromatic nitrogens is 1. The van der Waals surface area contributed by atoms with E-state index in [2.05, 4.69) is 120 Å². The maximum atomic E-state index is 14.8. The SMILES string of the molecule is O=C1c2cc(-c3ccccc3)cc3c4cc(-c5ccccc5)ccc4n(c23)-c2cccc3c2N1c1ccccc1C3. The molecule has 0 radical (unpaired) electrons. The predicted octanol–water partition coefficient (Wildman–Crippen LogP) is 9.31. The lowest BCUT2D eigenvalue weighted by Gasteiger charge is -2.32. The van der Waals surface area contributed by atoms with E-state index >= 15 is 0 Å². The maximum absolute atomic E-state index is 14.8. The lowest BCUT2D eigenvalue weighted by Crippen LogP contribution is -2.30. The van der Waals surface area contributed by atoms with Crippen molar-refractivity contribution in [1.29, 1.82) is 0 Å². The summed E-state index contributed by atoms with van der Waals surface area (Å²) >= 11 is 0. The van der Waals surface area contributed by atoms with Crippen LogP contribution in [0.4, 0.5) is 11.4 Å². The summed E-state index contributed by atoms with van der Waals surface area (Å²) in [5.41, 5.74) is 12.6. The lowest BCUT2D eigenvalue weighted by molar-refractivity contribution is 0.100. The molecule has 0 atom stereocenters. The number of fused-ring (bicyclic) bond motifs is 6. The molecule has 41 heavy (non-hydrogen) atoms. The Labute approximate surface area is 237 Å². The van der Waals surface area contributed by atoms with Gasteiger partial charge < -0.3 is 4.57 Å². The van der Waals surface area contributed by atoms with Crippen LogP contribution >= 0.6 is 0 Å². The van der Waals surface area contributed by atoms with E-state index in [9.17, 15) is 4.79 Å². The fourth-order valence-electron chi connectivity index (χ4n) is 6.86. The summed E-state index contributed by atoms with van der Waals surface area (Å²) in [7, 11) is 0. The van der Waals surface area contributed by atoms with Gasteiger partial charge in [0.15, 0.2) is 0 Å². The zero-order valence-corrected chi connectivity index (χ0v) is 22.2. The molecule has 0 bridgehead atoms. The first-order chi connectivity index (χ1) is 20.3. The second-order valence-corrected chi connectivity index (χ2v) is 11.0. The quantitative estimate of drug-likeness (QED) is 0.221. The fraction of sp³-hybridized carbons (Fsp3) is 0.0263. The van der Waals surface area contributed by atoms with Crippen molar-refractivity contribution in [1.82, 2.24) is 4.57 Å². The van der Waals surface area contributed by atoms with E-state index in [4.69, 9.17) is 0 Å². The summed E-state index contributed by atoms with van der Waals surface area (Å²) in [5, 5.41) is 2.24. The van der Waals surface area contributed by atoms with E-state index in [1.54, 1.807) is 0 Å². The molecule has 1 aromatic heterocycles. The minimum atomic E-state index is 0.0125. The average Bonchev–Trinajstić information content (AvgIpc) is 3.31. The molecule has 0 unspecified atom stereocenters. The number of nitrogens with zero attached hydrogens (tertiary/aromatic N) is 2. The number of hydrogen-bond acceptors (Lipinski definition) is 1. The Morgan fingerprint density at radius 1 is 0.512 bits per heavy atom. The number of carbonyl (C=O) groups excluding carboxylic acids is 1. The number of amides is 1. The van der Waals surface area contributed by atoms with E-state index in [0.29, 0.717) is 0 Å². The second kappa shape index (κ2) is 8.30. The van der Waals surface area contributed by atoms with Crippen molar-refractivity contribution in [3.8, 4) is 27.9 Å². The highest BCUT2D eigenvalue weighted by Gasteiger charge is 2.36. The molecule has 192 valence electrons. The van der Waals surface area contributed by atoms with Crippen molar-refractivity contribution in [2.75, 3.05) is 4.90 Å². The molecule has 3 heteroatoms. The molecule has 0 saturated carbocycles. The van der Waals surface area contributed by atoms with Crippen LogP contribution in [0.1, 0.15) is 21.5 Å². The summed E-state index contributed by atoms with van der Waals surface area (Å²) in [6.45, 7) is 0. The van der Waals surface area contributed by atoms with Crippen LogP contribution in [0.25, 0.3) is 49.7 Å². The molecule has 7 aromatic rings. The van der Waals surface area contributed by atoms with Crippen molar-refractivity contribution >= 4 is 39.1 Å². The third-order valence-electron chi connectivity index (χ3n) is 8.69. The van der Waals surface area contributed by atoms with Crippen molar-refractivity contribution < 1.29 is 4.79 Å². The minimum absolute atomic E-state index is 0.0125. The monoisotopic (exact) mass is 524 g/mol. The van der Waals surface area contributed by atoms with Crippen LogP contribution in [0.5, 0.6) is 0 Å². The van der Waals surface area contributed by atoms with E-state index in [0.717, 1.165) is 67.5 Å². The molecule has 3 heterocycles. The van der Waals surface area contributed by atoms with Gasteiger partial charge in [-0.05, 0) is 69.8 Å². The molecular formula is C38H24N2O. The highest BCUT2D eigenvalue weighted by Crippen LogP contribution is 2.49. The fourth-order valence-corrected chi connectivity index (χ4v) is 6.86. The molecule has 0 fully saturated rings. The van der Waals surface area contributed by atoms with Gasteiger partial charge in [-0.25, -0.2) is 0 Å². The van der Waals surface area contributed by atoms with Gasteiger partial charge in [-0.15, -0.1) is 0 Å². The summed E-state index contributed by atoms with van der Waals surface area (Å²) in [6.07, 6.45) is 0.801. The highest BCUT2D eigenvalue weighted by molar-refractivity contribution is 6.25. The van der Waals surface area contributed by atoms with Crippen molar-refractivity contribution in [2.24, 2.45) is 0 Å². The van der Waals surface area contributed by atoms with E-state index < -0.39 is 0 Å². The minimum Gasteiger partial charge on any atom is -0.306 e. The largest absolute Gasteiger partial charge is 0.306 e. The van der Waals surface area contributed by atoms with Crippen LogP contribution in [0.2, 0.25) is 0 Å². The normalized spacial score (nSPS) is 13.3. The summed E-state index contributed by atoms with van der Waals surface area (Å²) < 4.78 is 2.33. The molecule has 6 aromatic carbocycles. The van der Waals surface area contributed by atoms with Crippen LogP contribution in [-0.4, -0.2) is 10.5 Å². The van der Waals surface area contributed by atoms with Crippen LogP contribution in [0.15, 0.2) is 133 Å². The molecule has 3 nitrogen and oxygen atoms in total. The molecule has 0 N–H and O–H groups in total. The van der Waals surface area contributed by atoms with Gasteiger partial charge >= 0.3 is 0 Å². The molecule has 0 spiro atoms. The molecule has 1 amide bonds. The van der Waals surface area contributed by atoms with Gasteiger partial charge in [-0.1, -0.05) is 97.1 Å². The van der Waals surface area contributed by atoms with Gasteiger partial charge in [0.1, 0.15) is 0 Å². The van der Waals surface area contributed by atoms with Crippen LogP contribution in [0.3, 0.4) is 0 Å². The van der Waals surface area contributed by atoms with Crippen molar-refractivity contribution in [3.63, 3.8) is 0 Å². The van der Waals surface area contributed by atoms with Crippen LogP contribution < -0.4 is 4.90 Å². The third kappa shape index (κ3) is 3.12. The third-order valence-corrected chi connectivity index (χ3v) is 8.69. The Morgan fingerprint density at radius 3 is 1.98 bits per heavy atom. The molecular weight excluding hydrogens is 500 g/mol.